The van der Waals surface area contributed by atoms with Gasteiger partial charge >= 0.3 is 0 Å². The molecule has 174 valence electrons. The first-order chi connectivity index (χ1) is 15.7. The molecule has 0 bridgehead atoms. The van der Waals surface area contributed by atoms with Crippen molar-refractivity contribution in [1.29, 1.82) is 0 Å². The fraction of sp³-hybridized carbons (Fsp3) is 0.208. The van der Waals surface area contributed by atoms with Gasteiger partial charge in [-0.05, 0) is 55.0 Å². The largest absolute Gasteiger partial charge is 0.495 e. The minimum absolute atomic E-state index is 0.238. The molecule has 33 heavy (non-hydrogen) atoms. The highest BCUT2D eigenvalue weighted by atomic mass is 35.5. The number of hydrogen-bond acceptors (Lipinski definition) is 5. The van der Waals surface area contributed by atoms with Crippen LogP contribution >= 0.6 is 11.6 Å². The van der Waals surface area contributed by atoms with Crippen molar-refractivity contribution in [3.05, 3.63) is 83.4 Å². The van der Waals surface area contributed by atoms with E-state index in [2.05, 4.69) is 5.32 Å². The number of hydrogen-bond donors (Lipinski definition) is 1. The molecule has 0 saturated heterocycles. The average molecular weight is 489 g/mol. The van der Waals surface area contributed by atoms with Crippen LogP contribution in [0.5, 0.6) is 11.5 Å². The smallest absolute Gasteiger partial charge is 0.247 e. The first-order valence-corrected chi connectivity index (χ1v) is 12.3. The third kappa shape index (κ3) is 6.40. The minimum atomic E-state index is -3.78. The van der Waals surface area contributed by atoms with Gasteiger partial charge in [-0.25, -0.2) is 8.42 Å². The van der Waals surface area contributed by atoms with Gasteiger partial charge in [0.1, 0.15) is 24.1 Å². The number of carbonyl (C=O) groups excluding carboxylic acids is 1. The van der Waals surface area contributed by atoms with Gasteiger partial charge in [0.2, 0.25) is 15.9 Å². The van der Waals surface area contributed by atoms with Gasteiger partial charge in [-0.1, -0.05) is 41.9 Å². The summed E-state index contributed by atoms with van der Waals surface area (Å²) in [4.78, 5) is 12.9. The van der Waals surface area contributed by atoms with Crippen LogP contribution in [0.3, 0.4) is 0 Å². The van der Waals surface area contributed by atoms with Gasteiger partial charge in [0.05, 0.1) is 24.1 Å². The number of nitrogens with one attached hydrogen (secondary N) is 1. The first kappa shape index (κ1) is 24.4. The van der Waals surface area contributed by atoms with E-state index in [-0.39, 0.29) is 10.7 Å². The van der Waals surface area contributed by atoms with Crippen molar-refractivity contribution in [3.63, 3.8) is 0 Å². The van der Waals surface area contributed by atoms with Crippen LogP contribution in [-0.4, -0.2) is 33.7 Å². The molecule has 3 rings (SSSR count). The molecule has 0 saturated carbocycles. The van der Waals surface area contributed by atoms with E-state index < -0.39 is 22.0 Å². The predicted molar refractivity (Wildman–Crippen MR) is 131 cm³/mol. The maximum absolute atomic E-state index is 12.9. The molecule has 0 radical (unpaired) electrons. The number of rotatable bonds is 9. The quantitative estimate of drug-likeness (QED) is 0.471. The lowest BCUT2D eigenvalue weighted by Gasteiger charge is -2.28. The van der Waals surface area contributed by atoms with Crippen LogP contribution < -0.4 is 19.1 Å². The van der Waals surface area contributed by atoms with Crippen LogP contribution in [0.15, 0.2) is 72.8 Å². The van der Waals surface area contributed by atoms with E-state index in [0.29, 0.717) is 23.8 Å². The lowest BCUT2D eigenvalue weighted by Crippen LogP contribution is -2.45. The second-order valence-corrected chi connectivity index (χ2v) is 9.61. The van der Waals surface area contributed by atoms with E-state index in [1.54, 1.807) is 30.3 Å². The molecule has 9 heteroatoms. The first-order valence-electron chi connectivity index (χ1n) is 10.1. The summed E-state index contributed by atoms with van der Waals surface area (Å²) in [6.45, 7) is 1.93. The number of carbonyl (C=O) groups is 1. The van der Waals surface area contributed by atoms with Crippen LogP contribution in [0, 0.1) is 0 Å². The van der Waals surface area contributed by atoms with Crippen molar-refractivity contribution >= 4 is 38.9 Å². The number of benzene rings is 3. The topological polar surface area (TPSA) is 84.9 Å². The number of methoxy groups -OCH3 is 1. The molecule has 1 N–H and O–H groups in total. The molecular weight excluding hydrogens is 464 g/mol. The Kier molecular flexibility index (Phi) is 7.84. The summed E-state index contributed by atoms with van der Waals surface area (Å²) in [5, 5.41) is 2.98. The highest BCUT2D eigenvalue weighted by molar-refractivity contribution is 7.92. The molecule has 0 aliphatic heterocycles. The Morgan fingerprint density at radius 1 is 1.06 bits per heavy atom. The zero-order chi connectivity index (χ0) is 24.0. The Balaban J connectivity index is 1.70. The molecule has 1 atom stereocenters. The van der Waals surface area contributed by atoms with E-state index in [1.807, 2.05) is 30.3 Å². The van der Waals surface area contributed by atoms with Gasteiger partial charge in [-0.2, -0.15) is 0 Å². The average Bonchev–Trinajstić information content (AvgIpc) is 2.78. The molecule has 0 aliphatic carbocycles. The standard InChI is InChI=1S/C24H25ClN2O5S/c1-17(27(33(3,29)30)20-11-14-23(31-2)22(25)15-20)24(28)26-19-9-12-21(13-10-19)32-16-18-7-5-4-6-8-18/h4-15,17H,16H2,1-3H3,(H,26,28)/t17-/m1/s1. The number of halogens is 1. The Labute approximate surface area is 198 Å². The third-order valence-corrected chi connectivity index (χ3v) is 6.39. The highest BCUT2D eigenvalue weighted by Gasteiger charge is 2.29. The normalized spacial score (nSPS) is 12.0. The van der Waals surface area contributed by atoms with E-state index >= 15 is 0 Å². The summed E-state index contributed by atoms with van der Waals surface area (Å²) >= 11 is 6.16. The van der Waals surface area contributed by atoms with Crippen molar-refractivity contribution in [3.8, 4) is 11.5 Å². The van der Waals surface area contributed by atoms with Crippen LogP contribution in [0.2, 0.25) is 5.02 Å². The molecule has 0 aliphatic rings. The van der Waals surface area contributed by atoms with Crippen LogP contribution in [0.4, 0.5) is 11.4 Å². The van der Waals surface area contributed by atoms with Gasteiger partial charge in [0.15, 0.2) is 0 Å². The highest BCUT2D eigenvalue weighted by Crippen LogP contribution is 2.31. The van der Waals surface area contributed by atoms with Gasteiger partial charge < -0.3 is 14.8 Å². The van der Waals surface area contributed by atoms with E-state index in [0.717, 1.165) is 16.1 Å². The monoisotopic (exact) mass is 488 g/mol. The second kappa shape index (κ2) is 10.6. The van der Waals surface area contributed by atoms with Crippen LogP contribution in [0.1, 0.15) is 12.5 Å². The molecular formula is C24H25ClN2O5S. The SMILES string of the molecule is COc1ccc(N([C@H](C)C(=O)Nc2ccc(OCc3ccccc3)cc2)S(C)(=O)=O)cc1Cl. The van der Waals surface area contributed by atoms with Crippen LogP contribution in [-0.2, 0) is 21.4 Å². The Morgan fingerprint density at radius 3 is 2.30 bits per heavy atom. The zero-order valence-corrected chi connectivity index (χ0v) is 20.1. The number of sulfonamides is 1. The fourth-order valence-electron chi connectivity index (χ4n) is 3.22. The van der Waals surface area contributed by atoms with Gasteiger partial charge in [0.25, 0.3) is 0 Å². The van der Waals surface area contributed by atoms with Gasteiger partial charge in [0, 0.05) is 5.69 Å². The Morgan fingerprint density at radius 2 is 1.73 bits per heavy atom. The summed E-state index contributed by atoms with van der Waals surface area (Å²) in [5.74, 6) is 0.557. The fourth-order valence-corrected chi connectivity index (χ4v) is 4.64. The number of nitrogens with zero attached hydrogens (tertiary/aromatic N) is 1. The molecule has 0 unspecified atom stereocenters. The minimum Gasteiger partial charge on any atom is -0.495 e. The second-order valence-electron chi connectivity index (χ2n) is 7.34. The molecule has 0 spiro atoms. The molecule has 1 amide bonds. The Bertz CT molecular complexity index is 1200. The van der Waals surface area contributed by atoms with Crippen molar-refractivity contribution in [2.75, 3.05) is 23.0 Å². The lowest BCUT2D eigenvalue weighted by atomic mass is 10.2. The summed E-state index contributed by atoms with van der Waals surface area (Å²) in [6, 6.07) is 20.1. The molecule has 0 heterocycles. The molecule has 3 aromatic rings. The maximum atomic E-state index is 12.9. The van der Waals surface area contributed by atoms with Gasteiger partial charge in [-0.15, -0.1) is 0 Å². The Hall–Kier alpha value is -3.23. The van der Waals surface area contributed by atoms with Gasteiger partial charge in [-0.3, -0.25) is 9.10 Å². The zero-order valence-electron chi connectivity index (χ0n) is 18.5. The summed E-state index contributed by atoms with van der Waals surface area (Å²) in [7, 11) is -2.32. The summed E-state index contributed by atoms with van der Waals surface area (Å²) < 4.78 is 36.9. The van der Waals surface area contributed by atoms with E-state index in [9.17, 15) is 13.2 Å². The van der Waals surface area contributed by atoms with E-state index in [4.69, 9.17) is 21.1 Å². The van der Waals surface area contributed by atoms with Crippen molar-refractivity contribution in [1.82, 2.24) is 0 Å². The van der Waals surface area contributed by atoms with Crippen molar-refractivity contribution < 1.29 is 22.7 Å². The van der Waals surface area contributed by atoms with E-state index in [1.165, 1.54) is 26.2 Å². The summed E-state index contributed by atoms with van der Waals surface area (Å²) in [5.41, 5.74) is 1.82. The number of amides is 1. The van der Waals surface area contributed by atoms with Crippen molar-refractivity contribution in [2.24, 2.45) is 0 Å². The van der Waals surface area contributed by atoms with Crippen LogP contribution in [0.25, 0.3) is 0 Å². The number of anilines is 2. The molecule has 0 fully saturated rings. The third-order valence-electron chi connectivity index (χ3n) is 4.85. The molecule has 3 aromatic carbocycles. The number of ether oxygens (including phenoxy) is 2. The maximum Gasteiger partial charge on any atom is 0.247 e. The molecule has 7 nitrogen and oxygen atoms in total. The van der Waals surface area contributed by atoms with Crippen molar-refractivity contribution in [2.45, 2.75) is 19.6 Å². The molecule has 0 aromatic heterocycles. The summed E-state index contributed by atoms with van der Waals surface area (Å²) in [6.07, 6.45) is 1.04. The lowest BCUT2D eigenvalue weighted by molar-refractivity contribution is -0.116. The predicted octanol–water partition coefficient (Wildman–Crippen LogP) is 4.72.